The number of benzene rings is 5. The SMILES string of the molecule is C=C[Si](C[Si](c1ccccc1)(c1ccccc1)c1ccccc1)(c1ccccc1)c1ccccc1. The van der Waals surface area contributed by atoms with E-state index >= 15 is 0 Å². The second kappa shape index (κ2) is 10.3. The van der Waals surface area contributed by atoms with Gasteiger partial charge < -0.3 is 0 Å². The lowest BCUT2D eigenvalue weighted by Crippen LogP contribution is -2.74. The molecule has 0 spiro atoms. The van der Waals surface area contributed by atoms with Crippen LogP contribution in [0.2, 0.25) is 5.67 Å². The Labute approximate surface area is 211 Å². The first-order valence-electron chi connectivity index (χ1n) is 12.2. The zero-order chi connectivity index (χ0) is 24.0. The Bertz CT molecular complexity index is 1210. The maximum atomic E-state index is 4.54. The molecule has 0 radical (unpaired) electrons. The van der Waals surface area contributed by atoms with Crippen LogP contribution >= 0.6 is 0 Å². The number of rotatable bonds is 8. The molecular formula is C33H30Si2. The molecule has 0 bridgehead atoms. The highest BCUT2D eigenvalue weighted by Gasteiger charge is 2.48. The van der Waals surface area contributed by atoms with Crippen LogP contribution in [0.4, 0.5) is 0 Å². The van der Waals surface area contributed by atoms with Crippen LogP contribution in [0.1, 0.15) is 0 Å². The third-order valence-corrected chi connectivity index (χ3v) is 19.0. The summed E-state index contributed by atoms with van der Waals surface area (Å²) in [5.74, 6) is 0. The minimum atomic E-state index is -2.46. The fourth-order valence-corrected chi connectivity index (χ4v) is 19.2. The lowest BCUT2D eigenvalue weighted by atomic mass is 10.3. The molecule has 0 aliphatic carbocycles. The van der Waals surface area contributed by atoms with Gasteiger partial charge in [0.05, 0.1) is 0 Å². The van der Waals surface area contributed by atoms with Crippen LogP contribution in [-0.2, 0) is 0 Å². The molecule has 5 aromatic rings. The van der Waals surface area contributed by atoms with E-state index < -0.39 is 16.1 Å². The van der Waals surface area contributed by atoms with E-state index in [1.54, 1.807) is 0 Å². The second-order valence-corrected chi connectivity index (χ2v) is 17.6. The molecular weight excluding hydrogens is 453 g/mol. The molecule has 0 fully saturated rings. The summed E-state index contributed by atoms with van der Waals surface area (Å²) in [6.07, 6.45) is 0. The first kappa shape index (κ1) is 23.0. The first-order chi connectivity index (χ1) is 17.3. The van der Waals surface area contributed by atoms with Gasteiger partial charge in [-0.3, -0.25) is 0 Å². The van der Waals surface area contributed by atoms with E-state index in [9.17, 15) is 0 Å². The molecule has 0 saturated heterocycles. The summed E-state index contributed by atoms with van der Waals surface area (Å²) in [5.41, 5.74) is 3.41. The van der Waals surface area contributed by atoms with Gasteiger partial charge in [0.1, 0.15) is 16.1 Å². The third kappa shape index (κ3) is 4.27. The van der Waals surface area contributed by atoms with Crippen LogP contribution in [0.5, 0.6) is 0 Å². The molecule has 5 aromatic carbocycles. The van der Waals surface area contributed by atoms with Gasteiger partial charge in [-0.15, -0.1) is 6.58 Å². The van der Waals surface area contributed by atoms with E-state index in [1.807, 2.05) is 0 Å². The van der Waals surface area contributed by atoms with Crippen LogP contribution in [0.3, 0.4) is 0 Å². The fourth-order valence-electron chi connectivity index (χ4n) is 5.54. The predicted molar refractivity (Wildman–Crippen MR) is 157 cm³/mol. The Kier molecular flexibility index (Phi) is 6.76. The van der Waals surface area contributed by atoms with Crippen molar-refractivity contribution in [3.8, 4) is 0 Å². The Morgan fingerprint density at radius 2 is 0.657 bits per heavy atom. The van der Waals surface area contributed by atoms with Crippen molar-refractivity contribution < 1.29 is 0 Å². The van der Waals surface area contributed by atoms with Crippen molar-refractivity contribution >= 4 is 42.1 Å². The van der Waals surface area contributed by atoms with E-state index in [-0.39, 0.29) is 0 Å². The minimum absolute atomic E-state index is 1.08. The lowest BCUT2D eigenvalue weighted by molar-refractivity contribution is 1.59. The zero-order valence-electron chi connectivity index (χ0n) is 19.9. The van der Waals surface area contributed by atoms with Gasteiger partial charge in [0.25, 0.3) is 0 Å². The molecule has 0 aliphatic rings. The van der Waals surface area contributed by atoms with Crippen molar-refractivity contribution in [1.29, 1.82) is 0 Å². The summed E-state index contributed by atoms with van der Waals surface area (Å²) >= 11 is 0. The Morgan fingerprint density at radius 3 is 0.914 bits per heavy atom. The monoisotopic (exact) mass is 482 g/mol. The van der Waals surface area contributed by atoms with Crippen molar-refractivity contribution in [2.75, 3.05) is 0 Å². The van der Waals surface area contributed by atoms with Crippen LogP contribution in [0.15, 0.2) is 164 Å². The quantitative estimate of drug-likeness (QED) is 0.222. The van der Waals surface area contributed by atoms with Crippen molar-refractivity contribution in [2.24, 2.45) is 0 Å². The van der Waals surface area contributed by atoms with Gasteiger partial charge in [-0.25, -0.2) is 0 Å². The van der Waals surface area contributed by atoms with Gasteiger partial charge in [0.15, 0.2) is 0 Å². The summed E-state index contributed by atoms with van der Waals surface area (Å²) in [5, 5.41) is 7.18. The van der Waals surface area contributed by atoms with Crippen LogP contribution in [0.25, 0.3) is 0 Å². The average molecular weight is 483 g/mol. The Balaban J connectivity index is 1.87. The lowest BCUT2D eigenvalue weighted by Gasteiger charge is -2.41. The molecule has 0 aliphatic heterocycles. The second-order valence-electron chi connectivity index (χ2n) is 9.09. The highest BCUT2D eigenvalue weighted by molar-refractivity contribution is 7.23. The van der Waals surface area contributed by atoms with Crippen molar-refractivity contribution in [3.05, 3.63) is 164 Å². The van der Waals surface area contributed by atoms with Gasteiger partial charge in [0, 0.05) is 0 Å². The molecule has 170 valence electrons. The van der Waals surface area contributed by atoms with Gasteiger partial charge in [-0.2, -0.15) is 0 Å². The molecule has 0 saturated carbocycles. The summed E-state index contributed by atoms with van der Waals surface area (Å²) in [4.78, 5) is 0. The van der Waals surface area contributed by atoms with Crippen molar-refractivity contribution in [3.63, 3.8) is 0 Å². The highest BCUT2D eigenvalue weighted by atomic mass is 28.4. The van der Waals surface area contributed by atoms with Crippen LogP contribution in [-0.4, -0.2) is 16.1 Å². The van der Waals surface area contributed by atoms with Crippen molar-refractivity contribution in [2.45, 2.75) is 5.67 Å². The topological polar surface area (TPSA) is 0 Å². The number of hydrogen-bond donors (Lipinski definition) is 0. The largest absolute Gasteiger partial charge is 0.146 e. The molecule has 2 heteroatoms. The summed E-state index contributed by atoms with van der Waals surface area (Å²) in [6, 6.07) is 55.9. The Hall–Kier alpha value is -3.73. The van der Waals surface area contributed by atoms with Crippen LogP contribution < -0.4 is 25.9 Å². The molecule has 35 heavy (non-hydrogen) atoms. The van der Waals surface area contributed by atoms with Crippen LogP contribution in [0, 0.1) is 0 Å². The average Bonchev–Trinajstić information content (AvgIpc) is 2.96. The van der Waals surface area contributed by atoms with E-state index in [0.29, 0.717) is 0 Å². The minimum Gasteiger partial charge on any atom is -0.106 e. The molecule has 0 aromatic heterocycles. The predicted octanol–water partition coefficient (Wildman–Crippen LogP) is 4.68. The standard InChI is InChI=1S/C33H30Si2/c1-2-34(29-18-8-3-9-19-29,30-20-10-4-11-21-30)28-35(31-22-12-5-13-23-31,32-24-14-6-15-25-32)33-26-16-7-17-27-33/h2-27H,1,28H2. The smallest absolute Gasteiger partial charge is 0.106 e. The summed E-state index contributed by atoms with van der Waals surface area (Å²) in [7, 11) is -4.84. The highest BCUT2D eigenvalue weighted by Crippen LogP contribution is 2.23. The Morgan fingerprint density at radius 1 is 0.400 bits per heavy atom. The van der Waals surface area contributed by atoms with E-state index in [1.165, 1.54) is 25.9 Å². The molecule has 0 heterocycles. The molecule has 0 atom stereocenters. The summed E-state index contributed by atoms with van der Waals surface area (Å²) < 4.78 is 0. The van der Waals surface area contributed by atoms with E-state index in [4.69, 9.17) is 0 Å². The molecule has 0 unspecified atom stereocenters. The maximum Gasteiger partial charge on any atom is 0.146 e. The van der Waals surface area contributed by atoms with Crippen molar-refractivity contribution in [1.82, 2.24) is 0 Å². The van der Waals surface area contributed by atoms with E-state index in [2.05, 4.69) is 164 Å². The number of hydrogen-bond acceptors (Lipinski definition) is 0. The van der Waals surface area contributed by atoms with Gasteiger partial charge in [-0.1, -0.05) is 168 Å². The fraction of sp³-hybridized carbons (Fsp3) is 0.0303. The molecule has 0 amide bonds. The molecule has 5 rings (SSSR count). The third-order valence-electron chi connectivity index (χ3n) is 7.27. The van der Waals surface area contributed by atoms with Gasteiger partial charge in [-0.05, 0) is 21.2 Å². The van der Waals surface area contributed by atoms with E-state index in [0.717, 1.165) is 5.67 Å². The maximum absolute atomic E-state index is 4.54. The van der Waals surface area contributed by atoms with Gasteiger partial charge >= 0.3 is 0 Å². The first-order valence-corrected chi connectivity index (χ1v) is 16.7. The normalized spacial score (nSPS) is 11.7. The zero-order valence-corrected chi connectivity index (χ0v) is 21.9. The molecule has 0 nitrogen and oxygen atoms in total. The van der Waals surface area contributed by atoms with Gasteiger partial charge in [0.2, 0.25) is 0 Å². The molecule has 0 N–H and O–H groups in total. The summed E-state index contributed by atoms with van der Waals surface area (Å²) in [6.45, 7) is 4.54.